The Kier molecular flexibility index (Phi) is 7.47. The van der Waals surface area contributed by atoms with Crippen molar-refractivity contribution in [3.8, 4) is 5.75 Å². The van der Waals surface area contributed by atoms with Gasteiger partial charge in [-0.2, -0.15) is 0 Å². The predicted octanol–water partition coefficient (Wildman–Crippen LogP) is 3.27. The van der Waals surface area contributed by atoms with Crippen molar-refractivity contribution in [2.24, 2.45) is 0 Å². The Morgan fingerprint density at radius 2 is 1.69 bits per heavy atom. The predicted molar refractivity (Wildman–Crippen MR) is 99.4 cm³/mol. The topological polar surface area (TPSA) is 67.4 Å². The van der Waals surface area contributed by atoms with E-state index < -0.39 is 11.8 Å². The molecule has 5 nitrogen and oxygen atoms in total. The van der Waals surface area contributed by atoms with E-state index in [2.05, 4.69) is 24.7 Å². The van der Waals surface area contributed by atoms with Gasteiger partial charge in [-0.15, -0.1) is 11.8 Å². The van der Waals surface area contributed by atoms with Crippen molar-refractivity contribution in [3.63, 3.8) is 0 Å². The van der Waals surface area contributed by atoms with Crippen molar-refractivity contribution in [2.75, 3.05) is 12.4 Å². The van der Waals surface area contributed by atoms with E-state index in [0.717, 1.165) is 11.8 Å². The molecule has 0 atom stereocenters. The molecule has 0 aliphatic rings. The van der Waals surface area contributed by atoms with Crippen molar-refractivity contribution < 1.29 is 18.7 Å². The van der Waals surface area contributed by atoms with E-state index in [9.17, 15) is 14.0 Å². The molecule has 2 rings (SSSR count). The fraction of sp³-hybridized carbons (Fsp3) is 0.263. The lowest BCUT2D eigenvalue weighted by molar-refractivity contribution is -0.128. The van der Waals surface area contributed by atoms with Gasteiger partial charge in [0.1, 0.15) is 11.6 Å². The Balaban J connectivity index is 1.68. The number of hydrogen-bond acceptors (Lipinski definition) is 4. The second-order valence-corrected chi connectivity index (χ2v) is 6.85. The molecule has 0 aliphatic carbocycles. The number of ether oxygens (including phenoxy) is 1. The van der Waals surface area contributed by atoms with Crippen LogP contribution in [0.15, 0.2) is 53.4 Å². The largest absolute Gasteiger partial charge is 0.484 e. The van der Waals surface area contributed by atoms with Gasteiger partial charge in [0.25, 0.3) is 5.91 Å². The molecule has 7 heteroatoms. The Labute approximate surface area is 156 Å². The summed E-state index contributed by atoms with van der Waals surface area (Å²) in [6, 6.07) is 13.7. The third-order valence-electron chi connectivity index (χ3n) is 3.45. The van der Waals surface area contributed by atoms with Crippen molar-refractivity contribution in [2.45, 2.75) is 24.7 Å². The molecule has 0 fully saturated rings. The monoisotopic (exact) mass is 376 g/mol. The number of amides is 2. The fourth-order valence-electron chi connectivity index (χ4n) is 2.01. The van der Waals surface area contributed by atoms with E-state index in [1.807, 2.05) is 12.1 Å². The molecule has 26 heavy (non-hydrogen) atoms. The summed E-state index contributed by atoms with van der Waals surface area (Å²) in [5.41, 5.74) is 5.72. The van der Waals surface area contributed by atoms with Gasteiger partial charge in [0, 0.05) is 4.90 Å². The number of hydrogen-bond donors (Lipinski definition) is 2. The molecule has 138 valence electrons. The van der Waals surface area contributed by atoms with Crippen LogP contribution in [0.3, 0.4) is 0 Å². The average Bonchev–Trinajstić information content (AvgIpc) is 2.64. The number of hydrazine groups is 1. The van der Waals surface area contributed by atoms with Gasteiger partial charge in [-0.05, 0) is 35.7 Å². The van der Waals surface area contributed by atoms with Gasteiger partial charge in [-0.25, -0.2) is 4.39 Å². The molecule has 2 aromatic rings. The highest BCUT2D eigenvalue weighted by Crippen LogP contribution is 2.20. The number of rotatable bonds is 7. The molecule has 2 amide bonds. The molecule has 0 heterocycles. The summed E-state index contributed by atoms with van der Waals surface area (Å²) in [4.78, 5) is 23.8. The lowest BCUT2D eigenvalue weighted by Gasteiger charge is -2.10. The summed E-state index contributed by atoms with van der Waals surface area (Å²) in [7, 11) is 0. The van der Waals surface area contributed by atoms with E-state index in [4.69, 9.17) is 4.74 Å². The summed E-state index contributed by atoms with van der Waals surface area (Å²) >= 11 is 1.05. The summed E-state index contributed by atoms with van der Waals surface area (Å²) in [5, 5.41) is 0. The quantitative estimate of drug-likeness (QED) is 0.575. The molecule has 0 spiro atoms. The minimum absolute atomic E-state index is 0.0151. The molecule has 0 aliphatic heterocycles. The van der Waals surface area contributed by atoms with E-state index in [0.29, 0.717) is 16.6 Å². The molecule has 0 bridgehead atoms. The molecular formula is C19H21FN2O3S. The third-order valence-corrected chi connectivity index (χ3v) is 4.50. The molecule has 2 N–H and O–H groups in total. The molecule has 0 aromatic heterocycles. The van der Waals surface area contributed by atoms with Crippen LogP contribution in [0, 0.1) is 5.82 Å². The Morgan fingerprint density at radius 3 is 2.35 bits per heavy atom. The molecule has 2 aromatic carbocycles. The maximum Gasteiger partial charge on any atom is 0.276 e. The van der Waals surface area contributed by atoms with Crippen molar-refractivity contribution in [1.29, 1.82) is 0 Å². The second-order valence-electron chi connectivity index (χ2n) is 5.83. The molecule has 0 radical (unpaired) electrons. The fourth-order valence-corrected chi connectivity index (χ4v) is 2.75. The normalized spacial score (nSPS) is 10.5. The van der Waals surface area contributed by atoms with Crippen molar-refractivity contribution >= 4 is 23.6 Å². The first-order valence-corrected chi connectivity index (χ1v) is 9.12. The molecule has 0 saturated heterocycles. The highest BCUT2D eigenvalue weighted by molar-refractivity contribution is 8.00. The zero-order chi connectivity index (χ0) is 18.9. The van der Waals surface area contributed by atoms with Crippen LogP contribution < -0.4 is 15.6 Å². The van der Waals surface area contributed by atoms with Crippen LogP contribution in [-0.2, 0) is 9.59 Å². The lowest BCUT2D eigenvalue weighted by Crippen LogP contribution is -2.44. The first-order valence-electron chi connectivity index (χ1n) is 8.13. The molecular weight excluding hydrogens is 355 g/mol. The summed E-state index contributed by atoms with van der Waals surface area (Å²) in [6.07, 6.45) is 0. The van der Waals surface area contributed by atoms with Gasteiger partial charge in [0.2, 0.25) is 5.91 Å². The van der Waals surface area contributed by atoms with Crippen LogP contribution in [0.4, 0.5) is 4.39 Å². The minimum atomic E-state index is -0.484. The zero-order valence-corrected chi connectivity index (χ0v) is 15.4. The Morgan fingerprint density at radius 1 is 1.04 bits per heavy atom. The molecule has 0 unspecified atom stereocenters. The standard InChI is InChI=1S/C19H21FN2O3S/c1-13(2)14-7-9-15(10-8-14)25-11-18(23)21-22-19(24)12-26-17-6-4-3-5-16(17)20/h3-10,13H,11-12H2,1-2H3,(H,21,23)(H,22,24). The van der Waals surface area contributed by atoms with Crippen LogP contribution in [0.1, 0.15) is 25.3 Å². The highest BCUT2D eigenvalue weighted by Gasteiger charge is 2.08. The van der Waals surface area contributed by atoms with E-state index in [1.165, 1.54) is 11.6 Å². The van der Waals surface area contributed by atoms with Crippen LogP contribution in [0.25, 0.3) is 0 Å². The number of carbonyl (C=O) groups excluding carboxylic acids is 2. The second kappa shape index (κ2) is 9.82. The van der Waals surface area contributed by atoms with Crippen LogP contribution >= 0.6 is 11.8 Å². The number of thioether (sulfide) groups is 1. The number of benzene rings is 2. The molecule has 0 saturated carbocycles. The minimum Gasteiger partial charge on any atom is -0.484 e. The smallest absolute Gasteiger partial charge is 0.276 e. The first-order chi connectivity index (χ1) is 12.5. The maximum atomic E-state index is 13.4. The van der Waals surface area contributed by atoms with Gasteiger partial charge in [-0.3, -0.25) is 20.4 Å². The summed E-state index contributed by atoms with van der Waals surface area (Å²) in [6.45, 7) is 3.97. The van der Waals surface area contributed by atoms with Crippen LogP contribution in [-0.4, -0.2) is 24.2 Å². The highest BCUT2D eigenvalue weighted by atomic mass is 32.2. The first kappa shape index (κ1) is 19.8. The van der Waals surface area contributed by atoms with Crippen LogP contribution in [0.5, 0.6) is 5.75 Å². The van der Waals surface area contributed by atoms with Crippen molar-refractivity contribution in [3.05, 3.63) is 59.9 Å². The third kappa shape index (κ3) is 6.40. The lowest BCUT2D eigenvalue weighted by atomic mass is 10.0. The van der Waals surface area contributed by atoms with Gasteiger partial charge in [0.05, 0.1) is 5.75 Å². The van der Waals surface area contributed by atoms with Crippen LogP contribution in [0.2, 0.25) is 0 Å². The van der Waals surface area contributed by atoms with E-state index >= 15 is 0 Å². The van der Waals surface area contributed by atoms with Gasteiger partial charge in [0.15, 0.2) is 6.61 Å². The Bertz CT molecular complexity index is 751. The van der Waals surface area contributed by atoms with Crippen molar-refractivity contribution in [1.82, 2.24) is 10.9 Å². The summed E-state index contributed by atoms with van der Waals surface area (Å²) in [5.74, 6) is -0.323. The van der Waals surface area contributed by atoms with Gasteiger partial charge >= 0.3 is 0 Å². The maximum absolute atomic E-state index is 13.4. The number of nitrogens with one attached hydrogen (secondary N) is 2. The number of halogens is 1. The average molecular weight is 376 g/mol. The van der Waals surface area contributed by atoms with E-state index in [-0.39, 0.29) is 18.2 Å². The van der Waals surface area contributed by atoms with E-state index in [1.54, 1.807) is 30.3 Å². The zero-order valence-electron chi connectivity index (χ0n) is 14.6. The number of carbonyl (C=O) groups is 2. The van der Waals surface area contributed by atoms with Gasteiger partial charge < -0.3 is 4.74 Å². The summed E-state index contributed by atoms with van der Waals surface area (Å²) < 4.78 is 18.8. The SMILES string of the molecule is CC(C)c1ccc(OCC(=O)NNC(=O)CSc2ccccc2F)cc1. The Hall–Kier alpha value is -2.54. The van der Waals surface area contributed by atoms with Gasteiger partial charge in [-0.1, -0.05) is 38.1 Å².